The molecule has 0 aliphatic heterocycles. The summed E-state index contributed by atoms with van der Waals surface area (Å²) in [6, 6.07) is 16.6. The third-order valence-corrected chi connectivity index (χ3v) is 3.72. The Morgan fingerprint density at radius 2 is 1.83 bits per heavy atom. The number of benzene rings is 2. The van der Waals surface area contributed by atoms with E-state index in [4.69, 9.17) is 16.9 Å². The van der Waals surface area contributed by atoms with Gasteiger partial charge in [0, 0.05) is 29.7 Å². The molecule has 2 rings (SSSR count). The summed E-state index contributed by atoms with van der Waals surface area (Å²) in [5.74, 6) is -0.0643. The maximum atomic E-state index is 11.9. The van der Waals surface area contributed by atoms with Gasteiger partial charge in [-0.3, -0.25) is 4.79 Å². The molecule has 0 heterocycles. The number of nitrogens with one attached hydrogen (secondary N) is 2. The fourth-order valence-electron chi connectivity index (χ4n) is 2.12. The standard InChI is InChI=1S/C18H18ClN3O/c1-13(15-4-6-16(19)7-5-15)21-11-10-18(23)22-17-8-2-14(12-20)3-9-17/h2-9,13,21H,10-11H2,1H3,(H,22,23). The largest absolute Gasteiger partial charge is 0.326 e. The molecule has 2 aromatic carbocycles. The van der Waals surface area contributed by atoms with Crippen molar-refractivity contribution in [3.63, 3.8) is 0 Å². The Hall–Kier alpha value is -2.35. The van der Waals surface area contributed by atoms with Crippen molar-refractivity contribution in [2.24, 2.45) is 0 Å². The number of nitrogens with zero attached hydrogens (tertiary/aromatic N) is 1. The van der Waals surface area contributed by atoms with E-state index in [9.17, 15) is 4.79 Å². The normalized spacial score (nSPS) is 11.5. The van der Waals surface area contributed by atoms with Gasteiger partial charge in [-0.15, -0.1) is 0 Å². The van der Waals surface area contributed by atoms with Crippen molar-refractivity contribution >= 4 is 23.2 Å². The van der Waals surface area contributed by atoms with Crippen LogP contribution >= 0.6 is 11.6 Å². The van der Waals surface area contributed by atoms with Gasteiger partial charge in [0.15, 0.2) is 0 Å². The van der Waals surface area contributed by atoms with E-state index >= 15 is 0 Å². The van der Waals surface area contributed by atoms with Crippen molar-refractivity contribution < 1.29 is 4.79 Å². The summed E-state index contributed by atoms with van der Waals surface area (Å²) in [5.41, 5.74) is 2.39. The molecule has 0 spiro atoms. The SMILES string of the molecule is CC(NCCC(=O)Nc1ccc(C#N)cc1)c1ccc(Cl)cc1. The van der Waals surface area contributed by atoms with E-state index in [1.54, 1.807) is 24.3 Å². The predicted molar refractivity (Wildman–Crippen MR) is 92.3 cm³/mol. The van der Waals surface area contributed by atoms with Crippen LogP contribution in [0.2, 0.25) is 5.02 Å². The van der Waals surface area contributed by atoms with E-state index in [-0.39, 0.29) is 11.9 Å². The molecule has 0 aliphatic rings. The van der Waals surface area contributed by atoms with Crippen LogP contribution in [-0.2, 0) is 4.79 Å². The molecule has 0 saturated carbocycles. The average Bonchev–Trinajstić information content (AvgIpc) is 2.56. The van der Waals surface area contributed by atoms with Crippen molar-refractivity contribution in [2.75, 3.05) is 11.9 Å². The second kappa shape index (κ2) is 8.33. The van der Waals surface area contributed by atoms with Crippen molar-refractivity contribution in [3.05, 3.63) is 64.7 Å². The van der Waals surface area contributed by atoms with E-state index in [0.717, 1.165) is 5.56 Å². The Balaban J connectivity index is 1.75. The third kappa shape index (κ3) is 5.41. The number of carbonyl (C=O) groups is 1. The van der Waals surface area contributed by atoms with Gasteiger partial charge >= 0.3 is 0 Å². The first-order valence-corrected chi connectivity index (χ1v) is 7.75. The molecule has 4 nitrogen and oxygen atoms in total. The molecule has 2 N–H and O–H groups in total. The summed E-state index contributed by atoms with van der Waals surface area (Å²) >= 11 is 5.87. The Kier molecular flexibility index (Phi) is 6.16. The first-order valence-electron chi connectivity index (χ1n) is 7.37. The zero-order chi connectivity index (χ0) is 16.7. The minimum atomic E-state index is -0.0643. The second-order valence-corrected chi connectivity index (χ2v) is 5.65. The van der Waals surface area contributed by atoms with Crippen LogP contribution in [0.3, 0.4) is 0 Å². The molecule has 5 heteroatoms. The highest BCUT2D eigenvalue weighted by molar-refractivity contribution is 6.30. The molecule has 1 amide bonds. The minimum absolute atomic E-state index is 0.0643. The zero-order valence-electron chi connectivity index (χ0n) is 12.8. The van der Waals surface area contributed by atoms with Gasteiger partial charge in [-0.25, -0.2) is 0 Å². The topological polar surface area (TPSA) is 64.9 Å². The highest BCUT2D eigenvalue weighted by atomic mass is 35.5. The van der Waals surface area contributed by atoms with Crippen LogP contribution in [0.4, 0.5) is 5.69 Å². The number of hydrogen-bond donors (Lipinski definition) is 2. The maximum absolute atomic E-state index is 11.9. The van der Waals surface area contributed by atoms with E-state index < -0.39 is 0 Å². The predicted octanol–water partition coefficient (Wildman–Crippen LogP) is 3.89. The Morgan fingerprint density at radius 1 is 1.17 bits per heavy atom. The van der Waals surface area contributed by atoms with Crippen LogP contribution in [0.1, 0.15) is 30.5 Å². The molecule has 0 aromatic heterocycles. The first kappa shape index (κ1) is 17.0. The highest BCUT2D eigenvalue weighted by Crippen LogP contribution is 2.16. The molecular formula is C18H18ClN3O. The smallest absolute Gasteiger partial charge is 0.225 e. The molecule has 0 aliphatic carbocycles. The van der Waals surface area contributed by atoms with E-state index in [1.165, 1.54) is 0 Å². The molecule has 1 unspecified atom stereocenters. The monoisotopic (exact) mass is 327 g/mol. The van der Waals surface area contributed by atoms with Crippen molar-refractivity contribution in [2.45, 2.75) is 19.4 Å². The Labute approximate surface area is 141 Å². The lowest BCUT2D eigenvalue weighted by Gasteiger charge is -2.14. The molecular weight excluding hydrogens is 310 g/mol. The van der Waals surface area contributed by atoms with E-state index in [2.05, 4.69) is 10.6 Å². The number of carbonyl (C=O) groups excluding carboxylic acids is 1. The van der Waals surface area contributed by atoms with Gasteiger partial charge in [-0.2, -0.15) is 5.26 Å². The molecule has 0 radical (unpaired) electrons. The van der Waals surface area contributed by atoms with E-state index in [0.29, 0.717) is 29.2 Å². The summed E-state index contributed by atoms with van der Waals surface area (Å²) < 4.78 is 0. The number of hydrogen-bond acceptors (Lipinski definition) is 3. The molecule has 0 saturated heterocycles. The van der Waals surface area contributed by atoms with Gasteiger partial charge in [-0.1, -0.05) is 23.7 Å². The number of nitriles is 1. The highest BCUT2D eigenvalue weighted by Gasteiger charge is 2.07. The van der Waals surface area contributed by atoms with Gasteiger partial charge in [-0.05, 0) is 48.9 Å². The molecule has 2 aromatic rings. The number of rotatable bonds is 6. The lowest BCUT2D eigenvalue weighted by molar-refractivity contribution is -0.116. The quantitative estimate of drug-likeness (QED) is 0.846. The summed E-state index contributed by atoms with van der Waals surface area (Å²) in [6.45, 7) is 2.62. The molecule has 1 atom stereocenters. The fourth-order valence-corrected chi connectivity index (χ4v) is 2.25. The maximum Gasteiger partial charge on any atom is 0.225 e. The van der Waals surface area contributed by atoms with Gasteiger partial charge in [0.05, 0.1) is 11.6 Å². The van der Waals surface area contributed by atoms with Crippen molar-refractivity contribution in [1.82, 2.24) is 5.32 Å². The average molecular weight is 328 g/mol. The van der Waals surface area contributed by atoms with Crippen molar-refractivity contribution in [1.29, 1.82) is 5.26 Å². The number of amides is 1. The fraction of sp³-hybridized carbons (Fsp3) is 0.222. The summed E-state index contributed by atoms with van der Waals surface area (Å²) in [4.78, 5) is 11.9. The van der Waals surface area contributed by atoms with Crippen LogP contribution in [0.15, 0.2) is 48.5 Å². The molecule has 118 valence electrons. The zero-order valence-corrected chi connectivity index (χ0v) is 13.6. The van der Waals surface area contributed by atoms with Gasteiger partial charge < -0.3 is 10.6 Å². The van der Waals surface area contributed by atoms with Crippen LogP contribution in [0.25, 0.3) is 0 Å². The lowest BCUT2D eigenvalue weighted by atomic mass is 10.1. The minimum Gasteiger partial charge on any atom is -0.326 e. The van der Waals surface area contributed by atoms with Gasteiger partial charge in [0.1, 0.15) is 0 Å². The van der Waals surface area contributed by atoms with Gasteiger partial charge in [0.2, 0.25) is 5.91 Å². The molecule has 0 bridgehead atoms. The van der Waals surface area contributed by atoms with E-state index in [1.807, 2.05) is 37.3 Å². The van der Waals surface area contributed by atoms with Crippen LogP contribution in [-0.4, -0.2) is 12.5 Å². The number of anilines is 1. The molecule has 23 heavy (non-hydrogen) atoms. The summed E-state index contributed by atoms with van der Waals surface area (Å²) in [5, 5.41) is 15.6. The molecule has 0 fully saturated rings. The first-order chi connectivity index (χ1) is 11.1. The Morgan fingerprint density at radius 3 is 2.43 bits per heavy atom. The summed E-state index contributed by atoms with van der Waals surface area (Å²) in [7, 11) is 0. The van der Waals surface area contributed by atoms with Crippen LogP contribution in [0, 0.1) is 11.3 Å². The van der Waals surface area contributed by atoms with Crippen LogP contribution in [0.5, 0.6) is 0 Å². The Bertz CT molecular complexity index is 690. The lowest BCUT2D eigenvalue weighted by Crippen LogP contribution is -2.24. The summed E-state index contributed by atoms with van der Waals surface area (Å²) in [6.07, 6.45) is 0.373. The van der Waals surface area contributed by atoms with Crippen molar-refractivity contribution in [3.8, 4) is 6.07 Å². The number of halogens is 1. The third-order valence-electron chi connectivity index (χ3n) is 3.47. The van der Waals surface area contributed by atoms with Gasteiger partial charge in [0.25, 0.3) is 0 Å². The second-order valence-electron chi connectivity index (χ2n) is 5.21. The van der Waals surface area contributed by atoms with Crippen LogP contribution < -0.4 is 10.6 Å².